The molecule has 1 aromatic heterocycles. The van der Waals surface area contributed by atoms with Crippen molar-refractivity contribution in [1.82, 2.24) is 14.5 Å². The Kier molecular flexibility index (Phi) is 8.34. The van der Waals surface area contributed by atoms with Crippen molar-refractivity contribution in [1.29, 1.82) is 0 Å². The number of imidazole rings is 1. The summed E-state index contributed by atoms with van der Waals surface area (Å²) in [6.45, 7) is 7.72. The highest BCUT2D eigenvalue weighted by Gasteiger charge is 2.45. The monoisotopic (exact) mass is 549 g/mol. The van der Waals surface area contributed by atoms with Crippen LogP contribution in [-0.2, 0) is 22.7 Å². The molecule has 210 valence electrons. The lowest BCUT2D eigenvalue weighted by Crippen LogP contribution is -2.31. The first-order chi connectivity index (χ1) is 19.8. The fraction of sp³-hybridized carbons (Fsp3) is 0.265. The SMILES string of the molecule is Cc1ccccc1COc1ccc(/C(O)=C2\C(=O)C(=O)N(CCCn3ccnc3)C2c2ccc(C(C)C)cc2)cc1. The van der Waals surface area contributed by atoms with Crippen LogP contribution in [-0.4, -0.2) is 37.8 Å². The summed E-state index contributed by atoms with van der Waals surface area (Å²) in [6, 6.07) is 22.3. The minimum Gasteiger partial charge on any atom is -0.507 e. The van der Waals surface area contributed by atoms with Crippen molar-refractivity contribution in [2.45, 2.75) is 52.3 Å². The van der Waals surface area contributed by atoms with Crippen molar-refractivity contribution in [3.05, 3.63) is 125 Å². The number of carbonyl (C=O) groups is 2. The zero-order valence-corrected chi connectivity index (χ0v) is 23.7. The van der Waals surface area contributed by atoms with Crippen LogP contribution >= 0.6 is 0 Å². The quantitative estimate of drug-likeness (QED) is 0.140. The lowest BCUT2D eigenvalue weighted by molar-refractivity contribution is -0.139. The van der Waals surface area contributed by atoms with Gasteiger partial charge in [0.05, 0.1) is 17.9 Å². The van der Waals surface area contributed by atoms with Crippen LogP contribution in [0.5, 0.6) is 5.75 Å². The number of nitrogens with zero attached hydrogens (tertiary/aromatic N) is 3. The van der Waals surface area contributed by atoms with Gasteiger partial charge in [-0.2, -0.15) is 0 Å². The molecule has 1 saturated heterocycles. The molecule has 1 N–H and O–H groups in total. The van der Waals surface area contributed by atoms with Crippen LogP contribution in [0.2, 0.25) is 0 Å². The van der Waals surface area contributed by atoms with Gasteiger partial charge in [0.15, 0.2) is 0 Å². The lowest BCUT2D eigenvalue weighted by Gasteiger charge is -2.26. The van der Waals surface area contributed by atoms with Gasteiger partial charge in [0.25, 0.3) is 11.7 Å². The van der Waals surface area contributed by atoms with E-state index in [4.69, 9.17) is 4.74 Å². The minimum atomic E-state index is -0.684. The van der Waals surface area contributed by atoms with Crippen LogP contribution in [0.4, 0.5) is 0 Å². The molecule has 1 amide bonds. The zero-order chi connectivity index (χ0) is 28.9. The molecule has 1 aliphatic heterocycles. The van der Waals surface area contributed by atoms with Crippen LogP contribution in [0, 0.1) is 6.92 Å². The zero-order valence-electron chi connectivity index (χ0n) is 23.7. The number of aromatic nitrogens is 2. The number of aliphatic hydroxyl groups is 1. The van der Waals surface area contributed by atoms with E-state index >= 15 is 0 Å². The highest BCUT2D eigenvalue weighted by atomic mass is 16.5. The van der Waals surface area contributed by atoms with Gasteiger partial charge < -0.3 is 19.3 Å². The molecule has 0 radical (unpaired) electrons. The molecular formula is C34H35N3O4. The van der Waals surface area contributed by atoms with Gasteiger partial charge in [-0.25, -0.2) is 4.98 Å². The topological polar surface area (TPSA) is 84.7 Å². The molecule has 5 rings (SSSR count). The van der Waals surface area contributed by atoms with E-state index in [0.29, 0.717) is 43.3 Å². The fourth-order valence-electron chi connectivity index (χ4n) is 5.16. The number of rotatable bonds is 10. The first-order valence-corrected chi connectivity index (χ1v) is 13.9. The molecule has 41 heavy (non-hydrogen) atoms. The van der Waals surface area contributed by atoms with Crippen molar-refractivity contribution in [3.8, 4) is 5.75 Å². The minimum absolute atomic E-state index is 0.100. The second-order valence-electron chi connectivity index (χ2n) is 10.7. The number of aryl methyl sites for hydroxylation is 2. The number of benzene rings is 3. The summed E-state index contributed by atoms with van der Waals surface area (Å²) >= 11 is 0. The van der Waals surface area contributed by atoms with Crippen LogP contribution in [0.1, 0.15) is 60.0 Å². The number of likely N-dealkylation sites (tertiary alicyclic amines) is 1. The summed E-state index contributed by atoms with van der Waals surface area (Å²) in [5.41, 5.74) is 4.74. The summed E-state index contributed by atoms with van der Waals surface area (Å²) < 4.78 is 7.89. The lowest BCUT2D eigenvalue weighted by atomic mass is 9.93. The predicted octanol–water partition coefficient (Wildman–Crippen LogP) is 6.41. The Bertz CT molecular complexity index is 1540. The third kappa shape index (κ3) is 6.09. The van der Waals surface area contributed by atoms with Crippen molar-refractivity contribution < 1.29 is 19.4 Å². The van der Waals surface area contributed by atoms with E-state index in [1.54, 1.807) is 41.7 Å². The second kappa shape index (κ2) is 12.3. The number of hydrogen-bond acceptors (Lipinski definition) is 5. The number of ketones is 1. The van der Waals surface area contributed by atoms with Gasteiger partial charge in [0.1, 0.15) is 18.1 Å². The van der Waals surface area contributed by atoms with E-state index in [-0.39, 0.29) is 11.3 Å². The molecule has 7 nitrogen and oxygen atoms in total. The number of Topliss-reactive ketones (excluding diaryl/α,β-unsaturated/α-hetero) is 1. The molecule has 4 aromatic rings. The van der Waals surface area contributed by atoms with Gasteiger partial charge in [-0.3, -0.25) is 9.59 Å². The molecular weight excluding hydrogens is 514 g/mol. The van der Waals surface area contributed by atoms with Gasteiger partial charge in [-0.05, 0) is 65.8 Å². The van der Waals surface area contributed by atoms with E-state index in [9.17, 15) is 14.7 Å². The molecule has 1 unspecified atom stereocenters. The molecule has 2 heterocycles. The molecule has 0 saturated carbocycles. The number of hydrogen-bond donors (Lipinski definition) is 1. The van der Waals surface area contributed by atoms with E-state index in [1.807, 2.05) is 66.2 Å². The maximum absolute atomic E-state index is 13.4. The Labute approximate surface area is 240 Å². The number of ether oxygens (including phenoxy) is 1. The second-order valence-corrected chi connectivity index (χ2v) is 10.7. The van der Waals surface area contributed by atoms with Gasteiger partial charge >= 0.3 is 0 Å². The molecule has 0 spiro atoms. The van der Waals surface area contributed by atoms with Crippen LogP contribution in [0.15, 0.2) is 97.1 Å². The summed E-state index contributed by atoms with van der Waals surface area (Å²) in [7, 11) is 0. The van der Waals surface area contributed by atoms with Gasteiger partial charge in [0, 0.05) is 31.0 Å². The Hall–Kier alpha value is -4.65. The maximum Gasteiger partial charge on any atom is 0.295 e. The van der Waals surface area contributed by atoms with Gasteiger partial charge in [-0.15, -0.1) is 0 Å². The standard InChI is InChI=1S/C34H35N3O4/c1-23(2)25-9-11-26(12-10-25)31-30(33(39)34(40)37(31)19-6-18-36-20-17-35-22-36)32(38)27-13-15-29(16-14-27)41-21-28-8-5-4-7-24(28)3/h4-5,7-17,20,22-23,31,38H,6,18-19,21H2,1-3H3/b32-30+. The van der Waals surface area contributed by atoms with Gasteiger partial charge in [0.2, 0.25) is 0 Å². The fourth-order valence-corrected chi connectivity index (χ4v) is 5.16. The molecule has 1 aliphatic rings. The Morgan fingerprint density at radius 3 is 2.37 bits per heavy atom. The summed E-state index contributed by atoms with van der Waals surface area (Å²) in [6.07, 6.45) is 5.94. The molecule has 1 fully saturated rings. The van der Waals surface area contributed by atoms with Crippen molar-refractivity contribution in [3.63, 3.8) is 0 Å². The number of aliphatic hydroxyl groups excluding tert-OH is 1. The van der Waals surface area contributed by atoms with Crippen LogP contribution in [0.25, 0.3) is 5.76 Å². The van der Waals surface area contributed by atoms with E-state index < -0.39 is 17.7 Å². The first-order valence-electron chi connectivity index (χ1n) is 13.9. The van der Waals surface area contributed by atoms with Crippen molar-refractivity contribution in [2.24, 2.45) is 0 Å². The van der Waals surface area contributed by atoms with Crippen molar-refractivity contribution >= 4 is 17.4 Å². The summed E-state index contributed by atoms with van der Waals surface area (Å²) in [4.78, 5) is 32.3. The highest BCUT2D eigenvalue weighted by molar-refractivity contribution is 6.46. The van der Waals surface area contributed by atoms with E-state index in [1.165, 1.54) is 0 Å². The number of amides is 1. The maximum atomic E-state index is 13.4. The van der Waals surface area contributed by atoms with Crippen LogP contribution in [0.3, 0.4) is 0 Å². The summed E-state index contributed by atoms with van der Waals surface area (Å²) in [5, 5.41) is 11.4. The Balaban J connectivity index is 1.43. The summed E-state index contributed by atoms with van der Waals surface area (Å²) in [5.74, 6) is -0.484. The molecule has 0 bridgehead atoms. The van der Waals surface area contributed by atoms with Crippen molar-refractivity contribution in [2.75, 3.05) is 6.54 Å². The normalized spacial score (nSPS) is 16.5. The Morgan fingerprint density at radius 2 is 1.71 bits per heavy atom. The number of carbonyl (C=O) groups excluding carboxylic acids is 2. The smallest absolute Gasteiger partial charge is 0.295 e. The average Bonchev–Trinajstić information content (AvgIpc) is 3.59. The first kappa shape index (κ1) is 27.9. The van der Waals surface area contributed by atoms with Crippen LogP contribution < -0.4 is 4.74 Å². The molecule has 7 heteroatoms. The molecule has 3 aromatic carbocycles. The van der Waals surface area contributed by atoms with E-state index in [0.717, 1.165) is 22.3 Å². The largest absolute Gasteiger partial charge is 0.507 e. The molecule has 1 atom stereocenters. The predicted molar refractivity (Wildman–Crippen MR) is 158 cm³/mol. The van der Waals surface area contributed by atoms with Gasteiger partial charge in [-0.1, -0.05) is 62.4 Å². The highest BCUT2D eigenvalue weighted by Crippen LogP contribution is 2.40. The Morgan fingerprint density at radius 1 is 0.976 bits per heavy atom. The third-order valence-electron chi connectivity index (χ3n) is 7.62. The third-order valence-corrected chi connectivity index (χ3v) is 7.62. The van der Waals surface area contributed by atoms with E-state index in [2.05, 4.69) is 18.8 Å². The average molecular weight is 550 g/mol. The molecule has 0 aliphatic carbocycles.